The summed E-state index contributed by atoms with van der Waals surface area (Å²) < 4.78 is 38.7. The molecule has 0 aliphatic heterocycles. The third-order valence-electron chi connectivity index (χ3n) is 5.41. The highest BCUT2D eigenvalue weighted by molar-refractivity contribution is 7.92. The molecule has 3 aromatic rings. The third-order valence-corrected chi connectivity index (χ3v) is 7.51. The highest BCUT2D eigenvalue weighted by atomic mass is 35.5. The van der Waals surface area contributed by atoms with E-state index in [9.17, 15) is 18.0 Å². The summed E-state index contributed by atoms with van der Waals surface area (Å²) in [6.07, 6.45) is 1.44. The Morgan fingerprint density at radius 1 is 1.03 bits per heavy atom. The number of sulfonamides is 1. The SMILES string of the molecule is C=CCN(c1ccccc1OC)S(=O)(=O)c1ccc(Cl)c(C(=O)OCC(=O)N(C)Cc2ccccc2)c1. The molecular weight excluding hydrogens is 516 g/mol. The lowest BCUT2D eigenvalue weighted by molar-refractivity contribution is -0.133. The van der Waals surface area contributed by atoms with Crippen molar-refractivity contribution in [2.75, 3.05) is 31.6 Å². The third kappa shape index (κ3) is 6.69. The van der Waals surface area contributed by atoms with E-state index in [4.69, 9.17) is 21.1 Å². The van der Waals surface area contributed by atoms with Crippen LogP contribution in [0.3, 0.4) is 0 Å². The number of esters is 1. The molecule has 0 atom stereocenters. The quantitative estimate of drug-likeness (QED) is 0.261. The lowest BCUT2D eigenvalue weighted by Crippen LogP contribution is -2.32. The average Bonchev–Trinajstić information content (AvgIpc) is 2.90. The maximum Gasteiger partial charge on any atom is 0.340 e. The van der Waals surface area contributed by atoms with Crippen LogP contribution in [0.1, 0.15) is 15.9 Å². The second-order valence-corrected chi connectivity index (χ2v) is 10.2. The van der Waals surface area contributed by atoms with Crippen LogP contribution in [-0.4, -0.2) is 52.5 Å². The van der Waals surface area contributed by atoms with Crippen LogP contribution in [0.25, 0.3) is 0 Å². The number of hydrogen-bond donors (Lipinski definition) is 0. The van der Waals surface area contributed by atoms with Crippen molar-refractivity contribution in [3.8, 4) is 5.75 Å². The van der Waals surface area contributed by atoms with Gasteiger partial charge in [0.05, 0.1) is 34.8 Å². The fraction of sp³-hybridized carbons (Fsp3) is 0.185. The molecule has 3 aromatic carbocycles. The Balaban J connectivity index is 1.80. The number of anilines is 1. The highest BCUT2D eigenvalue weighted by Crippen LogP contribution is 2.33. The van der Waals surface area contributed by atoms with Crippen molar-refractivity contribution in [3.63, 3.8) is 0 Å². The molecule has 194 valence electrons. The Kier molecular flexibility index (Phi) is 9.32. The molecule has 0 spiro atoms. The van der Waals surface area contributed by atoms with E-state index in [2.05, 4.69) is 6.58 Å². The fourth-order valence-electron chi connectivity index (χ4n) is 3.49. The zero-order valence-corrected chi connectivity index (χ0v) is 22.0. The number of amides is 1. The summed E-state index contributed by atoms with van der Waals surface area (Å²) in [5.41, 5.74) is 1.04. The first-order valence-corrected chi connectivity index (χ1v) is 13.0. The highest BCUT2D eigenvalue weighted by Gasteiger charge is 2.28. The zero-order valence-electron chi connectivity index (χ0n) is 20.5. The van der Waals surface area contributed by atoms with Gasteiger partial charge in [-0.25, -0.2) is 13.2 Å². The molecule has 0 saturated heterocycles. The lowest BCUT2D eigenvalue weighted by Gasteiger charge is -2.25. The molecule has 0 saturated carbocycles. The van der Waals surface area contributed by atoms with Gasteiger partial charge in [-0.15, -0.1) is 6.58 Å². The van der Waals surface area contributed by atoms with E-state index < -0.39 is 28.5 Å². The standard InChI is InChI=1S/C27H27ClN2O6S/c1-4-16-30(24-12-8-9-13-25(24)35-3)37(33,34)21-14-15-23(28)22(17-21)27(32)36-19-26(31)29(2)18-20-10-6-5-7-11-20/h4-15,17H,1,16,18-19H2,2-3H3. The fourth-order valence-corrected chi connectivity index (χ4v) is 5.16. The first-order chi connectivity index (χ1) is 17.7. The molecule has 0 fully saturated rings. The van der Waals surface area contributed by atoms with E-state index in [1.165, 1.54) is 30.2 Å². The Labute approximate surface area is 221 Å². The number of benzene rings is 3. The number of nitrogens with zero attached hydrogens (tertiary/aromatic N) is 2. The number of rotatable bonds is 11. The molecule has 0 bridgehead atoms. The maximum atomic E-state index is 13.6. The lowest BCUT2D eigenvalue weighted by atomic mass is 10.2. The van der Waals surface area contributed by atoms with Gasteiger partial charge < -0.3 is 14.4 Å². The van der Waals surface area contributed by atoms with Gasteiger partial charge in [0, 0.05) is 13.6 Å². The van der Waals surface area contributed by atoms with Crippen LogP contribution in [-0.2, 0) is 26.1 Å². The number of ether oxygens (including phenoxy) is 2. The number of carbonyl (C=O) groups excluding carboxylic acids is 2. The van der Waals surface area contributed by atoms with Crippen molar-refractivity contribution < 1.29 is 27.5 Å². The Hall–Kier alpha value is -3.82. The summed E-state index contributed by atoms with van der Waals surface area (Å²) in [6, 6.07) is 19.7. The van der Waals surface area contributed by atoms with Crippen LogP contribution >= 0.6 is 11.6 Å². The van der Waals surface area contributed by atoms with Crippen LogP contribution in [0, 0.1) is 0 Å². The number of halogens is 1. The van der Waals surface area contributed by atoms with Gasteiger partial charge >= 0.3 is 5.97 Å². The smallest absolute Gasteiger partial charge is 0.340 e. The predicted molar refractivity (Wildman–Crippen MR) is 142 cm³/mol. The monoisotopic (exact) mass is 542 g/mol. The van der Waals surface area contributed by atoms with Crippen LogP contribution in [0.15, 0.2) is 90.3 Å². The van der Waals surface area contributed by atoms with Gasteiger partial charge in [-0.1, -0.05) is 60.1 Å². The molecule has 0 radical (unpaired) electrons. The summed E-state index contributed by atoms with van der Waals surface area (Å²) in [7, 11) is -1.13. The largest absolute Gasteiger partial charge is 0.495 e. The molecule has 0 unspecified atom stereocenters. The van der Waals surface area contributed by atoms with Crippen molar-refractivity contribution in [2.24, 2.45) is 0 Å². The molecule has 10 heteroatoms. The van der Waals surface area contributed by atoms with Crippen molar-refractivity contribution in [3.05, 3.63) is 102 Å². The molecule has 3 rings (SSSR count). The van der Waals surface area contributed by atoms with Crippen molar-refractivity contribution in [1.29, 1.82) is 0 Å². The van der Waals surface area contributed by atoms with Gasteiger partial charge in [-0.05, 0) is 35.9 Å². The summed E-state index contributed by atoms with van der Waals surface area (Å²) in [5, 5.41) is -0.0124. The molecule has 0 aliphatic rings. The number of carbonyl (C=O) groups is 2. The number of likely N-dealkylation sites (N-methyl/N-ethyl adjacent to an activating group) is 1. The molecule has 0 aromatic heterocycles. The van der Waals surface area contributed by atoms with Crippen molar-refractivity contribution >= 4 is 39.2 Å². The number of para-hydroxylation sites is 2. The summed E-state index contributed by atoms with van der Waals surface area (Å²) in [6.45, 7) is 3.42. The average molecular weight is 543 g/mol. The molecule has 0 heterocycles. The predicted octanol–water partition coefficient (Wildman–Crippen LogP) is 4.55. The minimum absolute atomic E-state index is 0.0124. The second-order valence-electron chi connectivity index (χ2n) is 7.95. The zero-order chi connectivity index (χ0) is 27.0. The van der Waals surface area contributed by atoms with Crippen LogP contribution in [0.4, 0.5) is 5.69 Å². The minimum atomic E-state index is -4.16. The normalized spacial score (nSPS) is 10.9. The molecule has 8 nitrogen and oxygen atoms in total. The topological polar surface area (TPSA) is 93.2 Å². The van der Waals surface area contributed by atoms with E-state index in [1.54, 1.807) is 31.3 Å². The molecule has 1 amide bonds. The summed E-state index contributed by atoms with van der Waals surface area (Å²) in [5.74, 6) is -0.999. The van der Waals surface area contributed by atoms with Gasteiger partial charge in [0.1, 0.15) is 5.75 Å². The second kappa shape index (κ2) is 12.4. The Morgan fingerprint density at radius 2 is 1.70 bits per heavy atom. The van der Waals surface area contributed by atoms with Crippen LogP contribution in [0.5, 0.6) is 5.75 Å². The summed E-state index contributed by atoms with van der Waals surface area (Å²) >= 11 is 6.19. The Morgan fingerprint density at radius 3 is 2.38 bits per heavy atom. The minimum Gasteiger partial charge on any atom is -0.495 e. The van der Waals surface area contributed by atoms with E-state index >= 15 is 0 Å². The van der Waals surface area contributed by atoms with Gasteiger partial charge in [0.15, 0.2) is 6.61 Å². The van der Waals surface area contributed by atoms with Crippen molar-refractivity contribution in [2.45, 2.75) is 11.4 Å². The molecular formula is C27H27ClN2O6S. The molecule has 0 aliphatic carbocycles. The summed E-state index contributed by atoms with van der Waals surface area (Å²) in [4.78, 5) is 26.5. The van der Waals surface area contributed by atoms with Gasteiger partial charge in [-0.2, -0.15) is 0 Å². The number of methoxy groups -OCH3 is 1. The van der Waals surface area contributed by atoms with E-state index in [0.717, 1.165) is 15.9 Å². The van der Waals surface area contributed by atoms with E-state index in [1.807, 2.05) is 30.3 Å². The maximum absolute atomic E-state index is 13.6. The first-order valence-electron chi connectivity index (χ1n) is 11.2. The molecule has 37 heavy (non-hydrogen) atoms. The van der Waals surface area contributed by atoms with Gasteiger partial charge in [0.2, 0.25) is 0 Å². The molecule has 0 N–H and O–H groups in total. The van der Waals surface area contributed by atoms with Crippen molar-refractivity contribution in [1.82, 2.24) is 4.90 Å². The van der Waals surface area contributed by atoms with Crippen LogP contribution < -0.4 is 9.04 Å². The first kappa shape index (κ1) is 27.8. The Bertz CT molecular complexity index is 1380. The van der Waals surface area contributed by atoms with E-state index in [0.29, 0.717) is 18.0 Å². The van der Waals surface area contributed by atoms with E-state index in [-0.39, 0.29) is 22.0 Å². The van der Waals surface area contributed by atoms with Crippen LogP contribution in [0.2, 0.25) is 5.02 Å². The van der Waals surface area contributed by atoms with Gasteiger partial charge in [-0.3, -0.25) is 9.10 Å². The van der Waals surface area contributed by atoms with Gasteiger partial charge in [0.25, 0.3) is 15.9 Å². The number of hydrogen-bond acceptors (Lipinski definition) is 6.